The molecule has 0 saturated carbocycles. The van der Waals surface area contributed by atoms with Crippen molar-refractivity contribution in [2.75, 3.05) is 38.5 Å². The maximum absolute atomic E-state index is 12.2. The number of methoxy groups -OCH3 is 3. The first-order valence-corrected chi connectivity index (χ1v) is 8.47. The average Bonchev–Trinajstić information content (AvgIpc) is 2.64. The molecule has 27 heavy (non-hydrogen) atoms. The third kappa shape index (κ3) is 5.42. The van der Waals surface area contributed by atoms with E-state index >= 15 is 0 Å². The minimum Gasteiger partial charge on any atom is -0.493 e. The maximum atomic E-state index is 12.2. The molecule has 0 fully saturated rings. The standard InChI is InChI=1S/C18H18Cl2N2O5/c1-25-15-7-13(18(24)27-3)14(8-16(15)26-2)21-9-17(23)22-12-5-10(19)4-11(20)6-12/h4-8,21H,9H2,1-3H3,(H,22,23). The highest BCUT2D eigenvalue weighted by Crippen LogP contribution is 2.33. The van der Waals surface area contributed by atoms with Crippen LogP contribution in [0.5, 0.6) is 11.5 Å². The molecule has 0 aliphatic rings. The minimum atomic E-state index is -0.583. The number of nitrogens with one attached hydrogen (secondary N) is 2. The molecule has 0 bridgehead atoms. The lowest BCUT2D eigenvalue weighted by Gasteiger charge is -2.15. The van der Waals surface area contributed by atoms with E-state index in [-0.39, 0.29) is 18.0 Å². The molecule has 1 amide bonds. The van der Waals surface area contributed by atoms with E-state index in [0.717, 1.165) is 0 Å². The van der Waals surface area contributed by atoms with Gasteiger partial charge in [-0.1, -0.05) is 23.2 Å². The van der Waals surface area contributed by atoms with Gasteiger partial charge in [-0.2, -0.15) is 0 Å². The molecule has 0 aliphatic carbocycles. The second-order valence-corrected chi connectivity index (χ2v) is 6.18. The summed E-state index contributed by atoms with van der Waals surface area (Å²) in [5.74, 6) is -0.185. The van der Waals surface area contributed by atoms with E-state index in [9.17, 15) is 9.59 Å². The molecular weight excluding hydrogens is 395 g/mol. The van der Waals surface area contributed by atoms with Crippen LogP contribution in [0, 0.1) is 0 Å². The number of ether oxygens (including phenoxy) is 3. The highest BCUT2D eigenvalue weighted by atomic mass is 35.5. The monoisotopic (exact) mass is 412 g/mol. The number of benzene rings is 2. The molecule has 2 aromatic rings. The first-order valence-electron chi connectivity index (χ1n) is 7.72. The molecule has 0 spiro atoms. The molecule has 0 atom stereocenters. The summed E-state index contributed by atoms with van der Waals surface area (Å²) in [7, 11) is 4.18. The van der Waals surface area contributed by atoms with Gasteiger partial charge in [0.15, 0.2) is 11.5 Å². The summed E-state index contributed by atoms with van der Waals surface area (Å²) < 4.78 is 15.2. The normalized spacial score (nSPS) is 10.1. The maximum Gasteiger partial charge on any atom is 0.340 e. The number of rotatable bonds is 7. The van der Waals surface area contributed by atoms with Gasteiger partial charge in [0.05, 0.1) is 39.1 Å². The number of anilines is 2. The summed E-state index contributed by atoms with van der Waals surface area (Å²) in [6.45, 7) is -0.121. The van der Waals surface area contributed by atoms with Gasteiger partial charge < -0.3 is 24.8 Å². The lowest BCUT2D eigenvalue weighted by Crippen LogP contribution is -2.23. The van der Waals surface area contributed by atoms with Crippen LogP contribution in [-0.2, 0) is 9.53 Å². The summed E-state index contributed by atoms with van der Waals surface area (Å²) >= 11 is 11.8. The summed E-state index contributed by atoms with van der Waals surface area (Å²) in [5, 5.41) is 6.36. The highest BCUT2D eigenvalue weighted by molar-refractivity contribution is 6.35. The number of esters is 1. The summed E-state index contributed by atoms with van der Waals surface area (Å²) in [6, 6.07) is 7.72. The molecule has 144 valence electrons. The van der Waals surface area contributed by atoms with Crippen molar-refractivity contribution in [1.82, 2.24) is 0 Å². The smallest absolute Gasteiger partial charge is 0.340 e. The van der Waals surface area contributed by atoms with Crippen LogP contribution in [0.25, 0.3) is 0 Å². The molecule has 0 aromatic heterocycles. The van der Waals surface area contributed by atoms with Gasteiger partial charge >= 0.3 is 5.97 Å². The molecular formula is C18H18Cl2N2O5. The fourth-order valence-corrected chi connectivity index (χ4v) is 2.84. The minimum absolute atomic E-state index is 0.121. The Labute approximate surface area is 166 Å². The second kappa shape index (κ2) is 9.34. The molecule has 2 aromatic carbocycles. The predicted octanol–water partition coefficient (Wildman–Crippen LogP) is 3.85. The third-order valence-electron chi connectivity index (χ3n) is 3.51. The van der Waals surface area contributed by atoms with Gasteiger partial charge in [-0.25, -0.2) is 4.79 Å². The molecule has 0 aliphatic heterocycles. The number of halogens is 2. The number of hydrogen-bond acceptors (Lipinski definition) is 6. The SMILES string of the molecule is COC(=O)c1cc(OC)c(OC)cc1NCC(=O)Nc1cc(Cl)cc(Cl)c1. The summed E-state index contributed by atoms with van der Waals surface area (Å²) in [6.07, 6.45) is 0. The number of amides is 1. The largest absolute Gasteiger partial charge is 0.493 e. The van der Waals surface area contributed by atoms with Crippen LogP contribution in [0.4, 0.5) is 11.4 Å². The van der Waals surface area contributed by atoms with E-state index in [4.69, 9.17) is 37.4 Å². The van der Waals surface area contributed by atoms with E-state index in [1.54, 1.807) is 24.3 Å². The highest BCUT2D eigenvalue weighted by Gasteiger charge is 2.18. The van der Waals surface area contributed by atoms with Crippen molar-refractivity contribution in [2.45, 2.75) is 0 Å². The van der Waals surface area contributed by atoms with Gasteiger partial charge in [0, 0.05) is 27.9 Å². The fourth-order valence-electron chi connectivity index (χ4n) is 2.31. The molecule has 0 radical (unpaired) electrons. The van der Waals surface area contributed by atoms with Crippen molar-refractivity contribution in [3.63, 3.8) is 0 Å². The van der Waals surface area contributed by atoms with Gasteiger partial charge in [-0.05, 0) is 18.2 Å². The van der Waals surface area contributed by atoms with Crippen molar-refractivity contribution < 1.29 is 23.8 Å². The first-order chi connectivity index (χ1) is 12.9. The molecule has 7 nitrogen and oxygen atoms in total. The molecule has 9 heteroatoms. The Morgan fingerprint density at radius 2 is 1.52 bits per heavy atom. The van der Waals surface area contributed by atoms with E-state index in [1.165, 1.54) is 27.4 Å². The van der Waals surface area contributed by atoms with Gasteiger partial charge in [0.25, 0.3) is 0 Å². The Morgan fingerprint density at radius 1 is 0.926 bits per heavy atom. The van der Waals surface area contributed by atoms with Crippen LogP contribution in [0.1, 0.15) is 10.4 Å². The van der Waals surface area contributed by atoms with Gasteiger partial charge in [0.2, 0.25) is 5.91 Å². The Bertz CT molecular complexity index is 838. The average molecular weight is 413 g/mol. The zero-order chi connectivity index (χ0) is 20.0. The van der Waals surface area contributed by atoms with E-state index in [1.807, 2.05) is 0 Å². The van der Waals surface area contributed by atoms with Crippen molar-refractivity contribution >= 4 is 46.5 Å². The third-order valence-corrected chi connectivity index (χ3v) is 3.95. The van der Waals surface area contributed by atoms with Crippen LogP contribution >= 0.6 is 23.2 Å². The van der Waals surface area contributed by atoms with E-state index < -0.39 is 5.97 Å². The first kappa shape index (κ1) is 20.7. The number of carbonyl (C=O) groups is 2. The second-order valence-electron chi connectivity index (χ2n) is 5.30. The Balaban J connectivity index is 2.17. The Hall–Kier alpha value is -2.64. The lowest BCUT2D eigenvalue weighted by molar-refractivity contribution is -0.114. The quantitative estimate of drug-likeness (QED) is 0.671. The molecule has 0 heterocycles. The molecule has 0 unspecified atom stereocenters. The van der Waals surface area contributed by atoms with Crippen molar-refractivity contribution in [3.8, 4) is 11.5 Å². The Kier molecular flexibility index (Phi) is 7.15. The van der Waals surface area contributed by atoms with Gasteiger partial charge in [-0.3, -0.25) is 4.79 Å². The van der Waals surface area contributed by atoms with Gasteiger partial charge in [-0.15, -0.1) is 0 Å². The lowest BCUT2D eigenvalue weighted by atomic mass is 10.1. The zero-order valence-electron chi connectivity index (χ0n) is 14.9. The van der Waals surface area contributed by atoms with Gasteiger partial charge in [0.1, 0.15) is 0 Å². The molecule has 2 N–H and O–H groups in total. The van der Waals surface area contributed by atoms with Crippen LogP contribution in [0.15, 0.2) is 30.3 Å². The summed E-state index contributed by atoms with van der Waals surface area (Å²) in [5.41, 5.74) is 1.02. The summed E-state index contributed by atoms with van der Waals surface area (Å²) in [4.78, 5) is 24.2. The van der Waals surface area contributed by atoms with Crippen molar-refractivity contribution in [2.24, 2.45) is 0 Å². The van der Waals surface area contributed by atoms with Crippen molar-refractivity contribution in [3.05, 3.63) is 45.9 Å². The molecule has 2 rings (SSSR count). The zero-order valence-corrected chi connectivity index (χ0v) is 16.4. The van der Waals surface area contributed by atoms with Crippen LogP contribution in [0.3, 0.4) is 0 Å². The number of carbonyl (C=O) groups excluding carboxylic acids is 2. The topological polar surface area (TPSA) is 85.9 Å². The Morgan fingerprint density at radius 3 is 2.07 bits per heavy atom. The van der Waals surface area contributed by atoms with Crippen LogP contribution in [-0.4, -0.2) is 39.8 Å². The van der Waals surface area contributed by atoms with Crippen molar-refractivity contribution in [1.29, 1.82) is 0 Å². The van der Waals surface area contributed by atoms with Crippen LogP contribution < -0.4 is 20.1 Å². The molecule has 0 saturated heterocycles. The predicted molar refractivity (Wildman–Crippen MR) is 104 cm³/mol. The fraction of sp³-hybridized carbons (Fsp3) is 0.222. The van der Waals surface area contributed by atoms with Crippen LogP contribution in [0.2, 0.25) is 10.0 Å². The van der Waals surface area contributed by atoms with E-state index in [0.29, 0.717) is 32.9 Å². The van der Waals surface area contributed by atoms with E-state index in [2.05, 4.69) is 10.6 Å². The number of hydrogen-bond donors (Lipinski definition) is 2.